The summed E-state index contributed by atoms with van der Waals surface area (Å²) in [4.78, 5) is 12.1. The third-order valence-electron chi connectivity index (χ3n) is 4.68. The van der Waals surface area contributed by atoms with Crippen molar-refractivity contribution in [1.29, 1.82) is 0 Å². The molecular weight excluding hydrogens is 396 g/mol. The summed E-state index contributed by atoms with van der Waals surface area (Å²) in [5, 5.41) is 0. The zero-order valence-corrected chi connectivity index (χ0v) is 17.9. The van der Waals surface area contributed by atoms with Crippen LogP contribution in [0.4, 0.5) is 0 Å². The summed E-state index contributed by atoms with van der Waals surface area (Å²) in [6.07, 6.45) is 0.0692. The summed E-state index contributed by atoms with van der Waals surface area (Å²) in [5.41, 5.74) is 4.63. The van der Waals surface area contributed by atoms with Crippen molar-refractivity contribution in [3.05, 3.63) is 72.3 Å². The zero-order chi connectivity index (χ0) is 22.1. The molecule has 0 saturated carbocycles. The Hall–Kier alpha value is -3.35. The minimum absolute atomic E-state index is 0.0560. The zero-order valence-electron chi connectivity index (χ0n) is 17.9. The average molecular weight is 422 g/mol. The highest BCUT2D eigenvalue weighted by Gasteiger charge is 2.18. The lowest BCUT2D eigenvalue weighted by Gasteiger charge is -2.18. The number of carbonyl (C=O) groups is 1. The van der Waals surface area contributed by atoms with Gasteiger partial charge in [0, 0.05) is 25.8 Å². The standard InChI is InChI=1S/C25H26O6/c1-27-16-30-22-13-21(14-24(26)29-3)25(23(15-22)31-17-28-2)20-11-9-19(10-12-20)18-7-5-4-6-8-18/h4-13,15H,14,16-17H2,1-3H3. The third kappa shape index (κ3) is 5.84. The molecule has 3 aromatic carbocycles. The first kappa shape index (κ1) is 22.3. The molecule has 3 aromatic rings. The minimum atomic E-state index is -0.358. The molecule has 0 aromatic heterocycles. The van der Waals surface area contributed by atoms with Gasteiger partial charge in [0.2, 0.25) is 0 Å². The van der Waals surface area contributed by atoms with Crippen LogP contribution in [0.3, 0.4) is 0 Å². The van der Waals surface area contributed by atoms with E-state index in [0.717, 1.165) is 27.8 Å². The second kappa shape index (κ2) is 11.2. The highest BCUT2D eigenvalue weighted by molar-refractivity contribution is 5.82. The van der Waals surface area contributed by atoms with Crippen molar-refractivity contribution in [2.45, 2.75) is 6.42 Å². The summed E-state index contributed by atoms with van der Waals surface area (Å²) in [7, 11) is 4.46. The molecule has 0 radical (unpaired) electrons. The van der Waals surface area contributed by atoms with Crippen LogP contribution in [0.15, 0.2) is 66.7 Å². The van der Waals surface area contributed by atoms with Crippen molar-refractivity contribution < 1.29 is 28.5 Å². The lowest BCUT2D eigenvalue weighted by atomic mass is 9.94. The summed E-state index contributed by atoms with van der Waals surface area (Å²) in [6.45, 7) is 0.132. The van der Waals surface area contributed by atoms with Gasteiger partial charge in [0.25, 0.3) is 0 Å². The van der Waals surface area contributed by atoms with Crippen molar-refractivity contribution in [2.24, 2.45) is 0 Å². The fourth-order valence-electron chi connectivity index (χ4n) is 3.25. The van der Waals surface area contributed by atoms with E-state index < -0.39 is 0 Å². The van der Waals surface area contributed by atoms with E-state index in [0.29, 0.717) is 11.5 Å². The molecule has 0 unspecified atom stereocenters. The Labute approximate surface area is 182 Å². The van der Waals surface area contributed by atoms with E-state index in [1.807, 2.05) is 42.5 Å². The molecule has 0 N–H and O–H groups in total. The van der Waals surface area contributed by atoms with Gasteiger partial charge >= 0.3 is 5.97 Å². The van der Waals surface area contributed by atoms with Gasteiger partial charge < -0.3 is 23.7 Å². The van der Waals surface area contributed by atoms with Gasteiger partial charge in [-0.25, -0.2) is 0 Å². The molecule has 0 aliphatic carbocycles. The molecule has 0 aliphatic rings. The number of carbonyl (C=O) groups excluding carboxylic acids is 1. The van der Waals surface area contributed by atoms with Crippen molar-refractivity contribution in [2.75, 3.05) is 34.9 Å². The largest absolute Gasteiger partial charge is 0.469 e. The van der Waals surface area contributed by atoms with Gasteiger partial charge in [0.1, 0.15) is 11.5 Å². The predicted molar refractivity (Wildman–Crippen MR) is 118 cm³/mol. The Bertz CT molecular complexity index is 983. The number of benzene rings is 3. The quantitative estimate of drug-likeness (QED) is 0.349. The first-order valence-electron chi connectivity index (χ1n) is 9.79. The Morgan fingerprint density at radius 1 is 0.742 bits per heavy atom. The molecule has 6 nitrogen and oxygen atoms in total. The van der Waals surface area contributed by atoms with Gasteiger partial charge in [-0.05, 0) is 28.3 Å². The highest BCUT2D eigenvalue weighted by Crippen LogP contribution is 2.38. The maximum atomic E-state index is 12.1. The first-order valence-corrected chi connectivity index (χ1v) is 9.79. The van der Waals surface area contributed by atoms with Crippen LogP contribution in [0.25, 0.3) is 22.3 Å². The summed E-state index contributed by atoms with van der Waals surface area (Å²) >= 11 is 0. The van der Waals surface area contributed by atoms with Crippen LogP contribution in [0.1, 0.15) is 5.56 Å². The van der Waals surface area contributed by atoms with E-state index in [1.165, 1.54) is 7.11 Å². The van der Waals surface area contributed by atoms with E-state index >= 15 is 0 Å². The van der Waals surface area contributed by atoms with Crippen molar-refractivity contribution in [3.8, 4) is 33.8 Å². The molecule has 31 heavy (non-hydrogen) atoms. The van der Waals surface area contributed by atoms with Crippen molar-refractivity contribution in [3.63, 3.8) is 0 Å². The van der Waals surface area contributed by atoms with Crippen LogP contribution in [-0.2, 0) is 25.4 Å². The molecule has 0 fully saturated rings. The fourth-order valence-corrected chi connectivity index (χ4v) is 3.25. The van der Waals surface area contributed by atoms with Crippen LogP contribution < -0.4 is 9.47 Å². The molecule has 162 valence electrons. The van der Waals surface area contributed by atoms with Gasteiger partial charge in [-0.1, -0.05) is 54.6 Å². The normalized spacial score (nSPS) is 10.5. The van der Waals surface area contributed by atoms with E-state index in [-0.39, 0.29) is 26.0 Å². The number of rotatable bonds is 10. The number of methoxy groups -OCH3 is 3. The van der Waals surface area contributed by atoms with Gasteiger partial charge in [-0.3, -0.25) is 4.79 Å². The molecule has 0 saturated heterocycles. The lowest BCUT2D eigenvalue weighted by molar-refractivity contribution is -0.139. The van der Waals surface area contributed by atoms with Gasteiger partial charge in [-0.15, -0.1) is 0 Å². The Morgan fingerprint density at radius 2 is 1.35 bits per heavy atom. The van der Waals surface area contributed by atoms with Crippen LogP contribution >= 0.6 is 0 Å². The smallest absolute Gasteiger partial charge is 0.310 e. The van der Waals surface area contributed by atoms with Crippen LogP contribution in [0.5, 0.6) is 11.5 Å². The lowest BCUT2D eigenvalue weighted by Crippen LogP contribution is -2.09. The SMILES string of the molecule is COCOc1cc(CC(=O)OC)c(-c2ccc(-c3ccccc3)cc2)c(OCOC)c1. The number of ether oxygens (including phenoxy) is 5. The van der Waals surface area contributed by atoms with Crippen molar-refractivity contribution >= 4 is 5.97 Å². The molecule has 0 heterocycles. The second-order valence-electron chi connectivity index (χ2n) is 6.75. The first-order chi connectivity index (χ1) is 15.2. The fraction of sp³-hybridized carbons (Fsp3) is 0.240. The van der Waals surface area contributed by atoms with E-state index in [9.17, 15) is 4.79 Å². The molecule has 6 heteroatoms. The molecule has 0 amide bonds. The Morgan fingerprint density at radius 3 is 2.00 bits per heavy atom. The second-order valence-corrected chi connectivity index (χ2v) is 6.75. The van der Waals surface area contributed by atoms with E-state index in [2.05, 4.69) is 12.1 Å². The van der Waals surface area contributed by atoms with Gasteiger partial charge in [0.05, 0.1) is 13.5 Å². The molecule has 0 aliphatic heterocycles. The van der Waals surface area contributed by atoms with Crippen molar-refractivity contribution in [1.82, 2.24) is 0 Å². The van der Waals surface area contributed by atoms with Crippen LogP contribution in [0.2, 0.25) is 0 Å². The molecule has 0 bridgehead atoms. The Kier molecular flexibility index (Phi) is 8.04. The topological polar surface area (TPSA) is 63.2 Å². The minimum Gasteiger partial charge on any atom is -0.469 e. The Balaban J connectivity index is 2.07. The summed E-state index contributed by atoms with van der Waals surface area (Å²) in [5.74, 6) is 0.710. The third-order valence-corrected chi connectivity index (χ3v) is 4.68. The number of hydrogen-bond donors (Lipinski definition) is 0. The summed E-state index contributed by atoms with van der Waals surface area (Å²) in [6, 6.07) is 21.8. The van der Waals surface area contributed by atoms with E-state index in [1.54, 1.807) is 26.4 Å². The molecular formula is C25H26O6. The summed E-state index contributed by atoms with van der Waals surface area (Å²) < 4.78 is 26.4. The highest BCUT2D eigenvalue weighted by atomic mass is 16.7. The van der Waals surface area contributed by atoms with Gasteiger partial charge in [-0.2, -0.15) is 0 Å². The van der Waals surface area contributed by atoms with Gasteiger partial charge in [0.15, 0.2) is 13.6 Å². The molecule has 3 rings (SSSR count). The molecule has 0 spiro atoms. The molecule has 0 atom stereocenters. The average Bonchev–Trinajstić information content (AvgIpc) is 2.82. The monoisotopic (exact) mass is 422 g/mol. The maximum absolute atomic E-state index is 12.1. The number of esters is 1. The van der Waals surface area contributed by atoms with Crippen LogP contribution in [-0.4, -0.2) is 40.9 Å². The van der Waals surface area contributed by atoms with Crippen LogP contribution in [0, 0.1) is 0 Å². The predicted octanol–water partition coefficient (Wildman–Crippen LogP) is 4.70. The maximum Gasteiger partial charge on any atom is 0.310 e. The number of hydrogen-bond acceptors (Lipinski definition) is 6. The van der Waals surface area contributed by atoms with E-state index in [4.69, 9.17) is 23.7 Å².